The van der Waals surface area contributed by atoms with Gasteiger partial charge in [-0.1, -0.05) is 0 Å². The largest absolute Gasteiger partial charge is 0.394 e. The number of carbonyl (C=O) groups is 6. The summed E-state index contributed by atoms with van der Waals surface area (Å²) >= 11 is 10.7. The summed E-state index contributed by atoms with van der Waals surface area (Å²) in [7, 11) is 4.05. The van der Waals surface area contributed by atoms with Gasteiger partial charge in [-0.3, -0.25) is 28.8 Å². The van der Waals surface area contributed by atoms with E-state index in [2.05, 4.69) is 21.3 Å². The number of aliphatic hydroxyl groups is 6. The molecular weight excluding hydrogens is 1440 g/mol. The number of ether oxygens (including phenoxy) is 1. The number of anilines is 2. The Bertz CT molecular complexity index is 1800. The molecule has 19 nitrogen and oxygen atoms in total. The second-order valence-electron chi connectivity index (χ2n) is 11.9. The number of amides is 6. The van der Waals surface area contributed by atoms with E-state index in [1.807, 2.05) is 90.4 Å². The van der Waals surface area contributed by atoms with Crippen LogP contribution in [0.25, 0.3) is 0 Å². The SMILES string of the molecule is COCC(=O)Nc1c(I)c(C(=O)NCC(O)CO)cc(C(=O)NC(I)C(=O)Nc2c(I)c(C(=O)N(C)CC(O)CO)c(I)c(C(=O)N(C)CC(O)CO)c2I)c1I. The number of rotatable bonds is 19. The number of benzene rings is 2. The molecule has 0 fully saturated rings. The van der Waals surface area contributed by atoms with Gasteiger partial charge in [0.25, 0.3) is 29.5 Å². The van der Waals surface area contributed by atoms with Gasteiger partial charge in [-0.2, -0.15) is 0 Å². The van der Waals surface area contributed by atoms with E-state index < -0.39 is 77.6 Å². The molecule has 25 heteroatoms. The number of aliphatic hydroxyl groups excluding tert-OH is 6. The van der Waals surface area contributed by atoms with Crippen LogP contribution in [0.2, 0.25) is 0 Å². The summed E-state index contributed by atoms with van der Waals surface area (Å²) in [5, 5.41) is 67.9. The number of carbonyl (C=O) groups excluding carboxylic acids is 6. The lowest BCUT2D eigenvalue weighted by atomic mass is 10.1. The highest BCUT2D eigenvalue weighted by Crippen LogP contribution is 2.37. The van der Waals surface area contributed by atoms with E-state index >= 15 is 0 Å². The Labute approximate surface area is 408 Å². The number of methoxy groups -OCH3 is 1. The second kappa shape index (κ2) is 24.7. The predicted molar refractivity (Wildman–Crippen MR) is 256 cm³/mol. The summed E-state index contributed by atoms with van der Waals surface area (Å²) in [4.78, 5) is 83.2. The Morgan fingerprint density at radius 2 is 1.12 bits per heavy atom. The molecule has 4 atom stereocenters. The molecule has 0 aliphatic carbocycles. The first kappa shape index (κ1) is 52.5. The maximum atomic E-state index is 13.8. The number of alkyl halides is 1. The topological polar surface area (TPSA) is 288 Å². The molecule has 0 aromatic heterocycles. The number of nitrogens with one attached hydrogen (secondary N) is 4. The van der Waals surface area contributed by atoms with Gasteiger partial charge < -0.3 is 66.4 Å². The highest BCUT2D eigenvalue weighted by molar-refractivity contribution is 14.1. The molecule has 10 N–H and O–H groups in total. The van der Waals surface area contributed by atoms with Crippen molar-refractivity contribution >= 4 is 182 Å². The molecule has 0 heterocycles. The average Bonchev–Trinajstić information content (AvgIpc) is 3.16. The zero-order valence-electron chi connectivity index (χ0n) is 30.0. The van der Waals surface area contributed by atoms with Gasteiger partial charge in [-0.15, -0.1) is 0 Å². The van der Waals surface area contributed by atoms with Crippen molar-refractivity contribution < 1.29 is 64.1 Å². The van der Waals surface area contributed by atoms with Crippen LogP contribution in [0.15, 0.2) is 6.07 Å². The molecule has 0 aliphatic heterocycles. The van der Waals surface area contributed by atoms with E-state index in [0.29, 0.717) is 0 Å². The van der Waals surface area contributed by atoms with Crippen molar-refractivity contribution in [2.24, 2.45) is 0 Å². The van der Waals surface area contributed by atoms with Crippen molar-refractivity contribution in [3.05, 3.63) is 46.2 Å². The Hall–Kier alpha value is -0.640. The fraction of sp³-hybridized carbons (Fsp3) is 0.438. The van der Waals surface area contributed by atoms with Gasteiger partial charge in [0.15, 0.2) is 4.05 Å². The summed E-state index contributed by atoms with van der Waals surface area (Å²) in [6.45, 7) is -3.09. The standard InChI is InChI=1S/C32H38I6N6O13/c1-43(6-13(49)9-46)31(55)18-22(35)19(32(56)44(2)7-14(50)10-47)24(37)26(23(18)36)41-30(54)27(38)42-29(53)16-4-15(28(52)39-5-12(48)8-45)20(33)25(21(16)34)40-17(51)11-57-3/h4,12-14,27,45-50H,5-11H2,1-3H3,(H,39,52)(H,40,51)(H,41,54)(H,42,53). The maximum Gasteiger partial charge on any atom is 0.257 e. The normalized spacial score (nSPS) is 13.2. The highest BCUT2D eigenvalue weighted by Gasteiger charge is 2.33. The molecule has 2 aromatic carbocycles. The minimum absolute atomic E-state index is 0.0208. The molecule has 0 aliphatic rings. The van der Waals surface area contributed by atoms with Crippen LogP contribution in [0.4, 0.5) is 11.4 Å². The number of nitrogens with zero attached hydrogens (tertiary/aromatic N) is 2. The van der Waals surface area contributed by atoms with Gasteiger partial charge in [-0.25, -0.2) is 0 Å². The van der Waals surface area contributed by atoms with E-state index in [1.54, 1.807) is 45.2 Å². The maximum absolute atomic E-state index is 13.8. The van der Waals surface area contributed by atoms with Gasteiger partial charge in [0.1, 0.15) is 6.61 Å². The molecular formula is C32H38I6N6O13. The zero-order chi connectivity index (χ0) is 43.5. The first-order chi connectivity index (χ1) is 26.7. The lowest BCUT2D eigenvalue weighted by Crippen LogP contribution is -2.41. The van der Waals surface area contributed by atoms with Gasteiger partial charge in [0.2, 0.25) is 5.91 Å². The first-order valence-electron chi connectivity index (χ1n) is 16.1. The van der Waals surface area contributed by atoms with E-state index in [0.717, 1.165) is 9.80 Å². The van der Waals surface area contributed by atoms with Crippen LogP contribution in [-0.4, -0.2) is 166 Å². The van der Waals surface area contributed by atoms with Crippen molar-refractivity contribution in [1.29, 1.82) is 0 Å². The van der Waals surface area contributed by atoms with Crippen molar-refractivity contribution in [1.82, 2.24) is 20.4 Å². The Kier molecular flexibility index (Phi) is 22.8. The summed E-state index contributed by atoms with van der Waals surface area (Å²) in [6, 6.07) is 1.24. The summed E-state index contributed by atoms with van der Waals surface area (Å²) < 4.78 is 4.57. The van der Waals surface area contributed by atoms with Crippen LogP contribution < -0.4 is 21.3 Å². The highest BCUT2D eigenvalue weighted by atomic mass is 127. The van der Waals surface area contributed by atoms with E-state index in [-0.39, 0.29) is 77.7 Å². The van der Waals surface area contributed by atoms with Gasteiger partial charge >= 0.3 is 0 Å². The molecule has 0 saturated carbocycles. The Balaban J connectivity index is 2.64. The monoisotopic (exact) mass is 1480 g/mol. The lowest BCUT2D eigenvalue weighted by Gasteiger charge is -2.26. The summed E-state index contributed by atoms with van der Waals surface area (Å²) in [5.74, 6) is -4.32. The van der Waals surface area contributed by atoms with Crippen LogP contribution in [0.3, 0.4) is 0 Å². The van der Waals surface area contributed by atoms with Crippen LogP contribution in [0, 0.1) is 17.9 Å². The van der Waals surface area contributed by atoms with Crippen molar-refractivity contribution in [3.63, 3.8) is 0 Å². The molecule has 4 unspecified atom stereocenters. The van der Waals surface area contributed by atoms with Gasteiger partial charge in [-0.05, 0) is 142 Å². The Morgan fingerprint density at radius 1 is 0.684 bits per heavy atom. The number of likely N-dealkylation sites (N-methyl/N-ethyl adjacent to an activating group) is 2. The van der Waals surface area contributed by atoms with E-state index in [9.17, 15) is 54.3 Å². The number of hydrogen-bond acceptors (Lipinski definition) is 13. The van der Waals surface area contributed by atoms with Gasteiger partial charge in [0.05, 0.1) is 86.0 Å². The first-order valence-corrected chi connectivity index (χ1v) is 22.7. The van der Waals surface area contributed by atoms with Gasteiger partial charge in [0, 0.05) is 44.4 Å². The van der Waals surface area contributed by atoms with Crippen molar-refractivity contribution in [2.45, 2.75) is 22.4 Å². The molecule has 316 valence electrons. The summed E-state index contributed by atoms with van der Waals surface area (Å²) in [6.07, 6.45) is -3.81. The lowest BCUT2D eigenvalue weighted by molar-refractivity contribution is -0.119. The Morgan fingerprint density at radius 3 is 1.56 bits per heavy atom. The van der Waals surface area contributed by atoms with Crippen LogP contribution in [0.5, 0.6) is 0 Å². The van der Waals surface area contributed by atoms with E-state index in [1.165, 1.54) is 27.3 Å². The second-order valence-corrected chi connectivity index (χ2v) is 18.6. The molecule has 2 rings (SSSR count). The van der Waals surface area contributed by atoms with E-state index in [4.69, 9.17) is 9.84 Å². The van der Waals surface area contributed by atoms with Crippen molar-refractivity contribution in [3.8, 4) is 0 Å². The van der Waals surface area contributed by atoms with Crippen molar-refractivity contribution in [2.75, 3.05) is 77.9 Å². The zero-order valence-corrected chi connectivity index (χ0v) is 43.0. The molecule has 57 heavy (non-hydrogen) atoms. The average molecular weight is 1480 g/mol. The third kappa shape index (κ3) is 14.2. The quantitative estimate of drug-likeness (QED) is 0.0518. The molecule has 0 bridgehead atoms. The third-order valence-electron chi connectivity index (χ3n) is 7.50. The third-order valence-corrected chi connectivity index (χ3v) is 13.9. The number of halogens is 6. The molecule has 2 aromatic rings. The molecule has 0 saturated heterocycles. The molecule has 0 spiro atoms. The minimum atomic E-state index is -1.33. The number of hydrogen-bond donors (Lipinski definition) is 10. The molecule has 0 radical (unpaired) electrons. The van der Waals surface area contributed by atoms with Crippen LogP contribution >= 0.6 is 136 Å². The fourth-order valence-electron chi connectivity index (χ4n) is 4.64. The molecule has 6 amide bonds. The predicted octanol–water partition coefficient (Wildman–Crippen LogP) is 0.358. The fourth-order valence-corrected chi connectivity index (χ4v) is 11.6. The minimum Gasteiger partial charge on any atom is -0.394 e. The van der Waals surface area contributed by atoms with Crippen LogP contribution in [0.1, 0.15) is 41.4 Å². The smallest absolute Gasteiger partial charge is 0.257 e. The summed E-state index contributed by atoms with van der Waals surface area (Å²) in [5.41, 5.74) is -0.125. The van der Waals surface area contributed by atoms with Crippen LogP contribution in [-0.2, 0) is 14.3 Å².